The maximum atomic E-state index is 11.1. The van der Waals surface area contributed by atoms with E-state index in [1.54, 1.807) is 0 Å². The summed E-state index contributed by atoms with van der Waals surface area (Å²) in [4.78, 5) is 11.1. The first-order chi connectivity index (χ1) is 8.52. The molecular weight excluding hydrogens is 228 g/mol. The Morgan fingerprint density at radius 3 is 2.67 bits per heavy atom. The van der Waals surface area contributed by atoms with Gasteiger partial charge in [0.15, 0.2) is 0 Å². The van der Waals surface area contributed by atoms with Gasteiger partial charge in [-0.3, -0.25) is 4.79 Å². The van der Waals surface area contributed by atoms with Gasteiger partial charge in [-0.05, 0) is 36.6 Å². The average molecular weight is 244 g/mol. The second-order valence-corrected chi connectivity index (χ2v) is 4.25. The molecule has 4 N–H and O–H groups in total. The Balaban J connectivity index is 2.55. The molecule has 18 heavy (non-hydrogen) atoms. The molecule has 5 heteroatoms. The summed E-state index contributed by atoms with van der Waals surface area (Å²) in [6, 6.07) is 6.08. The summed E-state index contributed by atoms with van der Waals surface area (Å²) in [7, 11) is 0. The SMILES string of the molecule is CCc1cc(C)cc(-n2ncc(C(N)=O)c2N)c1. The van der Waals surface area contributed by atoms with Crippen molar-refractivity contribution in [3.8, 4) is 5.69 Å². The lowest BCUT2D eigenvalue weighted by Gasteiger charge is -2.08. The molecule has 1 aromatic carbocycles. The van der Waals surface area contributed by atoms with E-state index in [1.165, 1.54) is 16.4 Å². The Morgan fingerprint density at radius 1 is 1.39 bits per heavy atom. The maximum absolute atomic E-state index is 11.1. The number of nitrogens with two attached hydrogens (primary N) is 2. The van der Waals surface area contributed by atoms with Crippen LogP contribution in [0.25, 0.3) is 5.69 Å². The standard InChI is InChI=1S/C13H16N4O/c1-3-9-4-8(2)5-10(6-9)17-12(14)11(7-16-17)13(15)18/h4-7H,3,14H2,1-2H3,(H2,15,18). The summed E-state index contributed by atoms with van der Waals surface area (Å²) in [5, 5.41) is 4.11. The first kappa shape index (κ1) is 12.2. The van der Waals surface area contributed by atoms with Crippen molar-refractivity contribution < 1.29 is 4.79 Å². The van der Waals surface area contributed by atoms with Gasteiger partial charge in [-0.2, -0.15) is 5.10 Å². The topological polar surface area (TPSA) is 86.9 Å². The molecule has 0 spiro atoms. The van der Waals surface area contributed by atoms with Gasteiger partial charge in [-0.25, -0.2) is 4.68 Å². The van der Waals surface area contributed by atoms with Crippen LogP contribution in [0, 0.1) is 6.92 Å². The third-order valence-electron chi connectivity index (χ3n) is 2.85. The number of carbonyl (C=O) groups excluding carboxylic acids is 1. The highest BCUT2D eigenvalue weighted by atomic mass is 16.1. The van der Waals surface area contributed by atoms with E-state index in [0.29, 0.717) is 0 Å². The summed E-state index contributed by atoms with van der Waals surface area (Å²) in [5.74, 6) is -0.294. The van der Waals surface area contributed by atoms with Crippen molar-refractivity contribution in [2.24, 2.45) is 5.73 Å². The normalized spacial score (nSPS) is 10.6. The van der Waals surface area contributed by atoms with Gasteiger partial charge >= 0.3 is 0 Å². The lowest BCUT2D eigenvalue weighted by atomic mass is 10.1. The Labute approximate surface area is 105 Å². The van der Waals surface area contributed by atoms with Gasteiger partial charge in [0.1, 0.15) is 11.4 Å². The Bertz CT molecular complexity index is 601. The number of anilines is 1. The summed E-state index contributed by atoms with van der Waals surface area (Å²) < 4.78 is 1.53. The first-order valence-electron chi connectivity index (χ1n) is 5.77. The number of rotatable bonds is 3. The van der Waals surface area contributed by atoms with Crippen LogP contribution in [-0.2, 0) is 6.42 Å². The number of benzene rings is 1. The summed E-state index contributed by atoms with van der Waals surface area (Å²) in [6.45, 7) is 4.09. The molecule has 2 rings (SSSR count). The molecule has 5 nitrogen and oxygen atoms in total. The van der Waals surface area contributed by atoms with E-state index >= 15 is 0 Å². The van der Waals surface area contributed by atoms with E-state index < -0.39 is 5.91 Å². The van der Waals surface area contributed by atoms with Crippen LogP contribution in [0.5, 0.6) is 0 Å². The second-order valence-electron chi connectivity index (χ2n) is 4.25. The van der Waals surface area contributed by atoms with Gasteiger partial charge in [0, 0.05) is 0 Å². The molecule has 0 fully saturated rings. The number of nitrogen functional groups attached to an aromatic ring is 1. The van der Waals surface area contributed by atoms with Crippen LogP contribution in [0.2, 0.25) is 0 Å². The van der Waals surface area contributed by atoms with Gasteiger partial charge < -0.3 is 11.5 Å². The molecule has 0 bridgehead atoms. The minimum absolute atomic E-state index is 0.245. The van der Waals surface area contributed by atoms with E-state index in [2.05, 4.69) is 18.1 Å². The molecule has 0 saturated carbocycles. The molecule has 0 saturated heterocycles. The number of aromatic nitrogens is 2. The number of hydrogen-bond acceptors (Lipinski definition) is 3. The fourth-order valence-corrected chi connectivity index (χ4v) is 1.92. The quantitative estimate of drug-likeness (QED) is 0.856. The summed E-state index contributed by atoms with van der Waals surface area (Å²) in [6.07, 6.45) is 2.32. The molecule has 0 aliphatic rings. The molecule has 1 amide bonds. The van der Waals surface area contributed by atoms with Crippen LogP contribution in [0.15, 0.2) is 24.4 Å². The van der Waals surface area contributed by atoms with Gasteiger partial charge in [0.25, 0.3) is 5.91 Å². The van der Waals surface area contributed by atoms with Crippen LogP contribution in [-0.4, -0.2) is 15.7 Å². The number of primary amides is 1. The molecule has 0 unspecified atom stereocenters. The van der Waals surface area contributed by atoms with Crippen molar-refractivity contribution in [1.29, 1.82) is 0 Å². The van der Waals surface area contributed by atoms with Crippen molar-refractivity contribution >= 4 is 11.7 Å². The number of aryl methyl sites for hydroxylation is 2. The van der Waals surface area contributed by atoms with Crippen LogP contribution < -0.4 is 11.5 Å². The van der Waals surface area contributed by atoms with E-state index in [4.69, 9.17) is 11.5 Å². The molecule has 1 heterocycles. The molecule has 0 aliphatic heterocycles. The van der Waals surface area contributed by atoms with E-state index in [1.807, 2.05) is 19.1 Å². The first-order valence-corrected chi connectivity index (χ1v) is 5.77. The van der Waals surface area contributed by atoms with Gasteiger partial charge in [-0.15, -0.1) is 0 Å². The van der Waals surface area contributed by atoms with E-state index in [-0.39, 0.29) is 11.4 Å². The molecule has 0 atom stereocenters. The van der Waals surface area contributed by atoms with E-state index in [9.17, 15) is 4.79 Å². The van der Waals surface area contributed by atoms with E-state index in [0.717, 1.165) is 17.7 Å². The number of hydrogen-bond donors (Lipinski definition) is 2. The highest BCUT2D eigenvalue weighted by molar-refractivity contribution is 5.97. The summed E-state index contributed by atoms with van der Waals surface area (Å²) >= 11 is 0. The molecule has 2 aromatic rings. The largest absolute Gasteiger partial charge is 0.383 e. The van der Waals surface area contributed by atoms with Crippen molar-refractivity contribution in [2.45, 2.75) is 20.3 Å². The smallest absolute Gasteiger partial charge is 0.254 e. The molecule has 1 aromatic heterocycles. The number of carbonyl (C=O) groups is 1. The fraction of sp³-hybridized carbons (Fsp3) is 0.231. The van der Waals surface area contributed by atoms with Crippen LogP contribution in [0.3, 0.4) is 0 Å². The summed E-state index contributed by atoms with van der Waals surface area (Å²) in [5.41, 5.74) is 14.5. The Kier molecular flexibility index (Phi) is 3.06. The third-order valence-corrected chi connectivity index (χ3v) is 2.85. The lowest BCUT2D eigenvalue weighted by molar-refractivity contribution is 0.100. The fourth-order valence-electron chi connectivity index (χ4n) is 1.92. The minimum Gasteiger partial charge on any atom is -0.383 e. The van der Waals surface area contributed by atoms with Crippen molar-refractivity contribution in [3.05, 3.63) is 41.1 Å². The molecule has 0 aliphatic carbocycles. The highest BCUT2D eigenvalue weighted by Gasteiger charge is 2.13. The molecular formula is C13H16N4O. The predicted molar refractivity (Wildman–Crippen MR) is 70.6 cm³/mol. The Hall–Kier alpha value is -2.30. The van der Waals surface area contributed by atoms with Crippen LogP contribution >= 0.6 is 0 Å². The third kappa shape index (κ3) is 2.07. The highest BCUT2D eigenvalue weighted by Crippen LogP contribution is 2.19. The zero-order chi connectivity index (χ0) is 13.3. The Morgan fingerprint density at radius 2 is 2.11 bits per heavy atom. The van der Waals surface area contributed by atoms with Crippen LogP contribution in [0.4, 0.5) is 5.82 Å². The monoisotopic (exact) mass is 244 g/mol. The number of nitrogens with zero attached hydrogens (tertiary/aromatic N) is 2. The minimum atomic E-state index is -0.567. The molecule has 0 radical (unpaired) electrons. The van der Waals surface area contributed by atoms with Crippen molar-refractivity contribution in [2.75, 3.05) is 5.73 Å². The van der Waals surface area contributed by atoms with Gasteiger partial charge in [0.05, 0.1) is 11.9 Å². The van der Waals surface area contributed by atoms with Crippen molar-refractivity contribution in [3.63, 3.8) is 0 Å². The van der Waals surface area contributed by atoms with Crippen LogP contribution in [0.1, 0.15) is 28.4 Å². The lowest BCUT2D eigenvalue weighted by Crippen LogP contribution is -2.13. The van der Waals surface area contributed by atoms with Gasteiger partial charge in [-0.1, -0.05) is 13.0 Å². The predicted octanol–water partition coefficient (Wildman–Crippen LogP) is 1.42. The average Bonchev–Trinajstić information content (AvgIpc) is 2.70. The van der Waals surface area contributed by atoms with Crippen molar-refractivity contribution in [1.82, 2.24) is 9.78 Å². The number of amides is 1. The van der Waals surface area contributed by atoms with Gasteiger partial charge in [0.2, 0.25) is 0 Å². The zero-order valence-corrected chi connectivity index (χ0v) is 10.5. The maximum Gasteiger partial charge on any atom is 0.254 e. The second kappa shape index (κ2) is 4.52. The zero-order valence-electron chi connectivity index (χ0n) is 10.5. The molecule has 94 valence electrons.